The normalized spacial score (nSPS) is 10.7. The molecule has 0 atom stereocenters. The summed E-state index contributed by atoms with van der Waals surface area (Å²) in [6.45, 7) is 8.10. The van der Waals surface area contributed by atoms with Crippen LogP contribution < -0.4 is 5.32 Å². The van der Waals surface area contributed by atoms with Gasteiger partial charge in [-0.3, -0.25) is 0 Å². The summed E-state index contributed by atoms with van der Waals surface area (Å²) in [4.78, 5) is 4.37. The fourth-order valence-corrected chi connectivity index (χ4v) is 3.19. The lowest BCUT2D eigenvalue weighted by molar-refractivity contribution is 0.857. The van der Waals surface area contributed by atoms with Crippen molar-refractivity contribution < 1.29 is 0 Å². The monoisotopic (exact) mass is 310 g/mol. The molecule has 1 N–H and O–H groups in total. The first-order valence-electron chi connectivity index (χ1n) is 7.03. The number of anilines is 1. The molecule has 0 aliphatic heterocycles. The van der Waals surface area contributed by atoms with Crippen LogP contribution in [-0.4, -0.2) is 21.8 Å². The first-order valence-corrected chi connectivity index (χ1v) is 7.98. The van der Waals surface area contributed by atoms with Gasteiger partial charge in [-0.15, -0.1) is 0 Å². The number of aryl methyl sites for hydroxylation is 1. The van der Waals surface area contributed by atoms with Gasteiger partial charge in [0, 0.05) is 30.6 Å². The summed E-state index contributed by atoms with van der Waals surface area (Å²) in [5.41, 5.74) is 6.29. The average Bonchev–Trinajstić information content (AvgIpc) is 3.15. The third kappa shape index (κ3) is 2.44. The van der Waals surface area contributed by atoms with E-state index in [1.165, 1.54) is 5.56 Å². The van der Waals surface area contributed by atoms with Crippen LogP contribution in [0.5, 0.6) is 0 Å². The standard InChI is InChI=1S/C17H18N4S/c1-11(2)16-15(5-7-19-17(16)18-4)21-9-14(12(3)20-21)13-6-8-22-10-13/h5-10H,1H2,2-4H3,(H,18,19). The lowest BCUT2D eigenvalue weighted by atomic mass is 10.1. The number of hydrogen-bond acceptors (Lipinski definition) is 4. The zero-order chi connectivity index (χ0) is 15.7. The third-order valence-electron chi connectivity index (χ3n) is 3.57. The van der Waals surface area contributed by atoms with Gasteiger partial charge in [0.15, 0.2) is 0 Å². The summed E-state index contributed by atoms with van der Waals surface area (Å²) < 4.78 is 1.91. The predicted octanol–water partition coefficient (Wildman–Crippen LogP) is 4.38. The van der Waals surface area contributed by atoms with E-state index in [0.717, 1.165) is 33.9 Å². The van der Waals surface area contributed by atoms with Crippen molar-refractivity contribution in [3.8, 4) is 16.8 Å². The smallest absolute Gasteiger partial charge is 0.135 e. The van der Waals surface area contributed by atoms with Gasteiger partial charge >= 0.3 is 0 Å². The SMILES string of the molecule is C=C(C)c1c(-n2cc(-c3ccsc3)c(C)n2)ccnc1NC. The maximum atomic E-state index is 4.68. The Morgan fingerprint density at radius 3 is 2.82 bits per heavy atom. The van der Waals surface area contributed by atoms with Gasteiger partial charge < -0.3 is 5.32 Å². The number of nitrogens with zero attached hydrogens (tertiary/aromatic N) is 3. The second-order valence-electron chi connectivity index (χ2n) is 5.17. The molecule has 0 aromatic carbocycles. The summed E-state index contributed by atoms with van der Waals surface area (Å²) >= 11 is 1.69. The van der Waals surface area contributed by atoms with Crippen molar-refractivity contribution in [2.75, 3.05) is 12.4 Å². The quantitative estimate of drug-likeness (QED) is 0.777. The summed E-state index contributed by atoms with van der Waals surface area (Å²) in [6, 6.07) is 4.08. The van der Waals surface area contributed by atoms with Gasteiger partial charge in [-0.1, -0.05) is 6.58 Å². The molecule has 0 saturated heterocycles. The summed E-state index contributed by atoms with van der Waals surface area (Å²) in [7, 11) is 1.86. The van der Waals surface area contributed by atoms with Gasteiger partial charge in [0.2, 0.25) is 0 Å². The van der Waals surface area contributed by atoms with Crippen molar-refractivity contribution in [1.82, 2.24) is 14.8 Å². The summed E-state index contributed by atoms with van der Waals surface area (Å²) in [6.07, 6.45) is 3.85. The Hall–Kier alpha value is -2.40. The number of hydrogen-bond donors (Lipinski definition) is 1. The Labute approximate surface area is 134 Å². The molecule has 3 rings (SSSR count). The highest BCUT2D eigenvalue weighted by Gasteiger charge is 2.15. The first kappa shape index (κ1) is 14.5. The molecule has 0 unspecified atom stereocenters. The lowest BCUT2D eigenvalue weighted by Gasteiger charge is -2.13. The zero-order valence-corrected chi connectivity index (χ0v) is 13.7. The molecule has 0 aliphatic rings. The van der Waals surface area contributed by atoms with Gasteiger partial charge in [-0.05, 0) is 47.9 Å². The van der Waals surface area contributed by atoms with Crippen LogP contribution in [0.3, 0.4) is 0 Å². The highest BCUT2D eigenvalue weighted by atomic mass is 32.1. The van der Waals surface area contributed by atoms with E-state index in [1.807, 2.05) is 31.6 Å². The number of allylic oxidation sites excluding steroid dienone is 1. The fourth-order valence-electron chi connectivity index (χ4n) is 2.54. The van der Waals surface area contributed by atoms with E-state index >= 15 is 0 Å². The van der Waals surface area contributed by atoms with Gasteiger partial charge in [0.1, 0.15) is 5.82 Å². The van der Waals surface area contributed by atoms with Crippen LogP contribution in [0.15, 0.2) is 41.9 Å². The molecule has 4 nitrogen and oxygen atoms in total. The molecule has 0 aliphatic carbocycles. The molecule has 3 aromatic rings. The molecule has 0 spiro atoms. The Morgan fingerprint density at radius 1 is 1.36 bits per heavy atom. The number of thiophene rings is 1. The number of aromatic nitrogens is 3. The molecular formula is C17H18N4S. The molecule has 0 saturated carbocycles. The van der Waals surface area contributed by atoms with Crippen LogP contribution in [0.2, 0.25) is 0 Å². The first-order chi connectivity index (χ1) is 10.6. The van der Waals surface area contributed by atoms with Gasteiger partial charge in [-0.2, -0.15) is 16.4 Å². The molecule has 112 valence electrons. The third-order valence-corrected chi connectivity index (χ3v) is 4.25. The van der Waals surface area contributed by atoms with E-state index in [4.69, 9.17) is 0 Å². The maximum absolute atomic E-state index is 4.68. The van der Waals surface area contributed by atoms with E-state index < -0.39 is 0 Å². The molecule has 0 amide bonds. The molecule has 0 radical (unpaired) electrons. The van der Waals surface area contributed by atoms with Crippen LogP contribution in [0, 0.1) is 6.92 Å². The highest BCUT2D eigenvalue weighted by molar-refractivity contribution is 7.08. The Kier molecular flexibility index (Phi) is 3.81. The minimum atomic E-state index is 0.815. The molecule has 0 fully saturated rings. The van der Waals surface area contributed by atoms with Crippen molar-refractivity contribution in [1.29, 1.82) is 0 Å². The molecule has 3 aromatic heterocycles. The Bertz CT molecular complexity index is 815. The predicted molar refractivity (Wildman–Crippen MR) is 93.7 cm³/mol. The van der Waals surface area contributed by atoms with E-state index in [-0.39, 0.29) is 0 Å². The van der Waals surface area contributed by atoms with Gasteiger partial charge in [-0.25, -0.2) is 9.67 Å². The van der Waals surface area contributed by atoms with Crippen LogP contribution >= 0.6 is 11.3 Å². The maximum Gasteiger partial charge on any atom is 0.135 e. The number of pyridine rings is 1. The topological polar surface area (TPSA) is 42.7 Å². The van der Waals surface area contributed by atoms with Crippen molar-refractivity contribution in [2.45, 2.75) is 13.8 Å². The molecule has 0 bridgehead atoms. The minimum Gasteiger partial charge on any atom is -0.373 e. The molecule has 3 heterocycles. The lowest BCUT2D eigenvalue weighted by Crippen LogP contribution is -2.04. The summed E-state index contributed by atoms with van der Waals surface area (Å²) in [5, 5.41) is 12.0. The fraction of sp³-hybridized carbons (Fsp3) is 0.176. The summed E-state index contributed by atoms with van der Waals surface area (Å²) in [5.74, 6) is 0.815. The molecule has 5 heteroatoms. The number of nitrogens with one attached hydrogen (secondary N) is 1. The van der Waals surface area contributed by atoms with Gasteiger partial charge in [0.05, 0.1) is 11.4 Å². The van der Waals surface area contributed by atoms with Crippen molar-refractivity contribution >= 4 is 22.7 Å². The van der Waals surface area contributed by atoms with Crippen LogP contribution in [0.25, 0.3) is 22.4 Å². The van der Waals surface area contributed by atoms with E-state index in [0.29, 0.717) is 0 Å². The van der Waals surface area contributed by atoms with Crippen molar-refractivity contribution in [3.05, 3.63) is 53.1 Å². The van der Waals surface area contributed by atoms with E-state index in [2.05, 4.69) is 45.0 Å². The average molecular weight is 310 g/mol. The van der Waals surface area contributed by atoms with Crippen LogP contribution in [0.1, 0.15) is 18.2 Å². The number of rotatable bonds is 4. The van der Waals surface area contributed by atoms with Gasteiger partial charge in [0.25, 0.3) is 0 Å². The van der Waals surface area contributed by atoms with E-state index in [1.54, 1.807) is 17.5 Å². The van der Waals surface area contributed by atoms with E-state index in [9.17, 15) is 0 Å². The Morgan fingerprint density at radius 2 is 2.18 bits per heavy atom. The highest BCUT2D eigenvalue weighted by Crippen LogP contribution is 2.30. The molecular weight excluding hydrogens is 292 g/mol. The largest absolute Gasteiger partial charge is 0.373 e. The zero-order valence-electron chi connectivity index (χ0n) is 12.9. The van der Waals surface area contributed by atoms with Crippen molar-refractivity contribution in [3.63, 3.8) is 0 Å². The second kappa shape index (κ2) is 5.77. The Balaban J connectivity index is 2.17. The second-order valence-corrected chi connectivity index (χ2v) is 5.95. The van der Waals surface area contributed by atoms with Crippen molar-refractivity contribution in [2.24, 2.45) is 0 Å². The molecule has 22 heavy (non-hydrogen) atoms. The van der Waals surface area contributed by atoms with Crippen LogP contribution in [-0.2, 0) is 0 Å². The minimum absolute atomic E-state index is 0.815. The van der Waals surface area contributed by atoms with Crippen LogP contribution in [0.4, 0.5) is 5.82 Å².